The van der Waals surface area contributed by atoms with Gasteiger partial charge in [-0.15, -0.1) is 5.10 Å². The Morgan fingerprint density at radius 1 is 1.14 bits per heavy atom. The van der Waals surface area contributed by atoms with Gasteiger partial charge in [0.25, 0.3) is 5.91 Å². The zero-order chi connectivity index (χ0) is 15.1. The topological polar surface area (TPSA) is 79.4 Å². The van der Waals surface area contributed by atoms with Crippen LogP contribution >= 0.6 is 0 Å². The van der Waals surface area contributed by atoms with Crippen molar-refractivity contribution >= 4 is 22.6 Å². The van der Waals surface area contributed by atoms with E-state index in [4.69, 9.17) is 15.2 Å². The predicted molar refractivity (Wildman–Crippen MR) is 81.1 cm³/mol. The van der Waals surface area contributed by atoms with E-state index in [1.807, 2.05) is 30.3 Å². The zero-order valence-corrected chi connectivity index (χ0v) is 11.6. The minimum absolute atomic E-state index is 0.143. The summed E-state index contributed by atoms with van der Waals surface area (Å²) in [5, 5.41) is 4.87. The van der Waals surface area contributed by atoms with Gasteiger partial charge in [-0.1, -0.05) is 24.3 Å². The van der Waals surface area contributed by atoms with E-state index in [0.29, 0.717) is 22.8 Å². The van der Waals surface area contributed by atoms with Gasteiger partial charge < -0.3 is 15.2 Å². The van der Waals surface area contributed by atoms with Gasteiger partial charge >= 0.3 is 0 Å². The van der Waals surface area contributed by atoms with E-state index in [0.717, 1.165) is 5.39 Å². The maximum absolute atomic E-state index is 12.7. The van der Waals surface area contributed by atoms with Crippen molar-refractivity contribution in [3.8, 4) is 11.5 Å². The molecular weight excluding hydrogens is 282 g/mol. The minimum Gasteiger partial charge on any atom is -0.485 e. The molecule has 6 heteroatoms. The van der Waals surface area contributed by atoms with Crippen LogP contribution in [-0.2, 0) is 0 Å². The second kappa shape index (κ2) is 4.77. The predicted octanol–water partition coefficient (Wildman–Crippen LogP) is 2.10. The second-order valence-electron chi connectivity index (χ2n) is 5.02. The Morgan fingerprint density at radius 2 is 1.86 bits per heavy atom. The number of nitrogens with zero attached hydrogens (tertiary/aromatic N) is 2. The van der Waals surface area contributed by atoms with Gasteiger partial charge in [0.05, 0.1) is 5.52 Å². The van der Waals surface area contributed by atoms with Crippen LogP contribution in [0.4, 0.5) is 5.82 Å². The monoisotopic (exact) mass is 295 g/mol. The second-order valence-corrected chi connectivity index (χ2v) is 5.02. The van der Waals surface area contributed by atoms with Crippen molar-refractivity contribution in [1.82, 2.24) is 9.78 Å². The van der Waals surface area contributed by atoms with E-state index >= 15 is 0 Å². The number of nitrogens with two attached hydrogens (primary N) is 1. The number of hydrogen-bond donors (Lipinski definition) is 1. The first kappa shape index (κ1) is 12.7. The maximum Gasteiger partial charge on any atom is 0.292 e. The number of nitrogen functional groups attached to an aromatic ring is 1. The quantitative estimate of drug-likeness (QED) is 0.743. The smallest absolute Gasteiger partial charge is 0.292 e. The Balaban J connectivity index is 1.70. The number of ether oxygens (including phenoxy) is 2. The van der Waals surface area contributed by atoms with Crippen LogP contribution in [0.5, 0.6) is 11.5 Å². The molecule has 6 nitrogen and oxygen atoms in total. The van der Waals surface area contributed by atoms with Crippen LogP contribution in [0.25, 0.3) is 10.9 Å². The van der Waals surface area contributed by atoms with Gasteiger partial charge in [0.15, 0.2) is 17.3 Å². The highest BCUT2D eigenvalue weighted by atomic mass is 16.6. The molecule has 2 heterocycles. The highest BCUT2D eigenvalue weighted by Crippen LogP contribution is 2.31. The molecule has 1 aliphatic heterocycles. The molecule has 110 valence electrons. The van der Waals surface area contributed by atoms with Crippen LogP contribution in [0.3, 0.4) is 0 Å². The molecule has 2 aromatic carbocycles. The Bertz CT molecular complexity index is 872. The first-order valence-electron chi connectivity index (χ1n) is 6.90. The summed E-state index contributed by atoms with van der Waals surface area (Å²) in [6.07, 6.45) is -0.752. The molecule has 4 rings (SSSR count). The highest BCUT2D eigenvalue weighted by Gasteiger charge is 2.30. The molecule has 0 saturated heterocycles. The number of benzene rings is 2. The van der Waals surface area contributed by atoms with Crippen LogP contribution in [0.1, 0.15) is 4.79 Å². The summed E-state index contributed by atoms with van der Waals surface area (Å²) in [5.41, 5.74) is 6.52. The normalized spacial score (nSPS) is 16.6. The average Bonchev–Trinajstić information content (AvgIpc) is 2.91. The lowest BCUT2D eigenvalue weighted by Crippen LogP contribution is -2.40. The van der Waals surface area contributed by atoms with Crippen molar-refractivity contribution in [2.24, 2.45) is 0 Å². The van der Waals surface area contributed by atoms with E-state index in [1.54, 1.807) is 18.2 Å². The molecule has 0 aliphatic carbocycles. The summed E-state index contributed by atoms with van der Waals surface area (Å²) in [4.78, 5) is 12.7. The van der Waals surface area contributed by atoms with Gasteiger partial charge in [-0.25, -0.2) is 0 Å². The molecule has 22 heavy (non-hydrogen) atoms. The Hall–Kier alpha value is -3.02. The lowest BCUT2D eigenvalue weighted by Gasteiger charge is -2.25. The first-order valence-corrected chi connectivity index (χ1v) is 6.90. The van der Waals surface area contributed by atoms with Gasteiger partial charge in [0.1, 0.15) is 6.61 Å². The molecule has 1 aliphatic rings. The molecule has 0 spiro atoms. The summed E-state index contributed by atoms with van der Waals surface area (Å²) in [6, 6.07) is 14.6. The first-order chi connectivity index (χ1) is 10.7. The van der Waals surface area contributed by atoms with E-state index < -0.39 is 6.10 Å². The molecule has 1 atom stereocenters. The minimum atomic E-state index is -0.752. The molecule has 0 saturated carbocycles. The van der Waals surface area contributed by atoms with Crippen LogP contribution < -0.4 is 15.2 Å². The summed E-state index contributed by atoms with van der Waals surface area (Å²) < 4.78 is 12.6. The van der Waals surface area contributed by atoms with E-state index in [1.165, 1.54) is 4.68 Å². The Kier molecular flexibility index (Phi) is 2.75. The van der Waals surface area contributed by atoms with Crippen molar-refractivity contribution in [1.29, 1.82) is 0 Å². The maximum atomic E-state index is 12.7. The summed E-state index contributed by atoms with van der Waals surface area (Å²) in [5.74, 6) is 1.21. The number of rotatable bonds is 1. The van der Waals surface area contributed by atoms with Gasteiger partial charge in [0.2, 0.25) is 6.10 Å². The largest absolute Gasteiger partial charge is 0.485 e. The number of fused-ring (bicyclic) bond motifs is 2. The number of carbonyl (C=O) groups is 1. The summed E-state index contributed by atoms with van der Waals surface area (Å²) in [6.45, 7) is 0.143. The van der Waals surface area contributed by atoms with Crippen molar-refractivity contribution in [3.63, 3.8) is 0 Å². The number of aromatic nitrogens is 2. The highest BCUT2D eigenvalue weighted by molar-refractivity contribution is 5.98. The molecule has 0 unspecified atom stereocenters. The van der Waals surface area contributed by atoms with Crippen LogP contribution in [0.15, 0.2) is 48.5 Å². The van der Waals surface area contributed by atoms with Gasteiger partial charge in [0, 0.05) is 5.39 Å². The summed E-state index contributed by atoms with van der Waals surface area (Å²) in [7, 11) is 0. The molecule has 0 amide bonds. The number of anilines is 1. The van der Waals surface area contributed by atoms with Crippen molar-refractivity contribution in [3.05, 3.63) is 48.5 Å². The summed E-state index contributed by atoms with van der Waals surface area (Å²) >= 11 is 0. The molecule has 1 aromatic heterocycles. The average molecular weight is 295 g/mol. The third-order valence-corrected chi connectivity index (χ3v) is 3.61. The lowest BCUT2D eigenvalue weighted by atomic mass is 10.2. The fraction of sp³-hybridized carbons (Fsp3) is 0.125. The standard InChI is InChI=1S/C16H13N3O3/c17-15-10-5-1-2-6-11(10)19(18-15)16(20)14-9-21-12-7-3-4-8-13(12)22-14/h1-8,14H,9H2,(H2,17,18)/t14-/m1/s1. The molecule has 2 N–H and O–H groups in total. The van der Waals surface area contributed by atoms with E-state index in [-0.39, 0.29) is 12.5 Å². The lowest BCUT2D eigenvalue weighted by molar-refractivity contribution is 0.0491. The van der Waals surface area contributed by atoms with Gasteiger partial charge in [-0.2, -0.15) is 4.68 Å². The number of carbonyl (C=O) groups excluding carboxylic acids is 1. The third kappa shape index (κ3) is 1.88. The van der Waals surface area contributed by atoms with E-state index in [9.17, 15) is 4.79 Å². The van der Waals surface area contributed by atoms with Gasteiger partial charge in [-0.05, 0) is 24.3 Å². The molecule has 0 bridgehead atoms. The molecule has 0 fully saturated rings. The fourth-order valence-electron chi connectivity index (χ4n) is 2.54. The Morgan fingerprint density at radius 3 is 2.73 bits per heavy atom. The molecule has 3 aromatic rings. The number of hydrogen-bond acceptors (Lipinski definition) is 5. The Labute approximate surface area is 126 Å². The van der Waals surface area contributed by atoms with Crippen molar-refractivity contribution in [2.75, 3.05) is 12.3 Å². The van der Waals surface area contributed by atoms with Crippen molar-refractivity contribution < 1.29 is 14.3 Å². The fourth-order valence-corrected chi connectivity index (χ4v) is 2.54. The van der Waals surface area contributed by atoms with Crippen LogP contribution in [-0.4, -0.2) is 28.4 Å². The third-order valence-electron chi connectivity index (χ3n) is 3.61. The molecular formula is C16H13N3O3. The van der Waals surface area contributed by atoms with Gasteiger partial charge in [-0.3, -0.25) is 4.79 Å². The van der Waals surface area contributed by atoms with Crippen LogP contribution in [0.2, 0.25) is 0 Å². The van der Waals surface area contributed by atoms with Crippen LogP contribution in [0, 0.1) is 0 Å². The number of para-hydroxylation sites is 3. The van der Waals surface area contributed by atoms with E-state index in [2.05, 4.69) is 5.10 Å². The SMILES string of the molecule is Nc1nn(C(=O)[C@H]2COc3ccccc3O2)c2ccccc12. The molecule has 0 radical (unpaired) electrons. The van der Waals surface area contributed by atoms with Crippen molar-refractivity contribution in [2.45, 2.75) is 6.10 Å². The zero-order valence-electron chi connectivity index (χ0n) is 11.6.